The number of rotatable bonds is 6. The zero-order chi connectivity index (χ0) is 22.8. The molecule has 3 heterocycles. The van der Waals surface area contributed by atoms with Gasteiger partial charge in [0.25, 0.3) is 5.91 Å². The van der Waals surface area contributed by atoms with Crippen molar-refractivity contribution in [3.63, 3.8) is 0 Å². The molecule has 9 heteroatoms. The standard InChI is InChI=1S/C24H19BClN5OS/c25-18-14-28-31-22(12-20(30-23(18)31)17-7-1-2-8-19(17)26)27-13-15-5-3-6-16(11-15)29-24(32)21-9-4-10-33-21/h1-12,14,27H,13,25H2,(H,29,32). The first-order valence-electron chi connectivity index (χ1n) is 10.4. The van der Waals surface area contributed by atoms with Gasteiger partial charge in [0.15, 0.2) is 5.65 Å². The molecule has 0 radical (unpaired) electrons. The molecule has 0 fully saturated rings. The smallest absolute Gasteiger partial charge is 0.265 e. The molecule has 0 saturated carbocycles. The van der Waals surface area contributed by atoms with Crippen LogP contribution in [0.2, 0.25) is 5.02 Å². The Hall–Kier alpha value is -3.62. The van der Waals surface area contributed by atoms with Gasteiger partial charge in [-0.1, -0.05) is 48.0 Å². The molecule has 1 amide bonds. The minimum Gasteiger partial charge on any atom is -0.366 e. The lowest BCUT2D eigenvalue weighted by Crippen LogP contribution is -2.11. The Balaban J connectivity index is 1.41. The predicted molar refractivity (Wildman–Crippen MR) is 138 cm³/mol. The fourth-order valence-electron chi connectivity index (χ4n) is 3.56. The van der Waals surface area contributed by atoms with Crippen molar-refractivity contribution in [2.75, 3.05) is 10.6 Å². The van der Waals surface area contributed by atoms with E-state index in [4.69, 9.17) is 16.6 Å². The van der Waals surface area contributed by atoms with Gasteiger partial charge < -0.3 is 10.6 Å². The Labute approximate surface area is 200 Å². The molecule has 0 aliphatic carbocycles. The highest BCUT2D eigenvalue weighted by Crippen LogP contribution is 2.28. The van der Waals surface area contributed by atoms with E-state index < -0.39 is 0 Å². The Bertz CT molecular complexity index is 1450. The van der Waals surface area contributed by atoms with Crippen molar-refractivity contribution in [1.29, 1.82) is 0 Å². The van der Waals surface area contributed by atoms with Crippen molar-refractivity contribution in [2.24, 2.45) is 0 Å². The summed E-state index contributed by atoms with van der Waals surface area (Å²) >= 11 is 7.84. The summed E-state index contributed by atoms with van der Waals surface area (Å²) in [6.45, 7) is 0.544. The van der Waals surface area contributed by atoms with Gasteiger partial charge >= 0.3 is 0 Å². The number of thiophene rings is 1. The van der Waals surface area contributed by atoms with Crippen LogP contribution in [0.15, 0.2) is 78.3 Å². The number of fused-ring (bicyclic) bond motifs is 1. The summed E-state index contributed by atoms with van der Waals surface area (Å²) in [4.78, 5) is 17.8. The summed E-state index contributed by atoms with van der Waals surface area (Å²) < 4.78 is 1.79. The Morgan fingerprint density at radius 2 is 1.97 bits per heavy atom. The third kappa shape index (κ3) is 4.48. The summed E-state index contributed by atoms with van der Waals surface area (Å²) in [5, 5.41) is 13.4. The molecular weight excluding hydrogens is 453 g/mol. The molecule has 0 aliphatic heterocycles. The number of halogens is 1. The fraction of sp³-hybridized carbons (Fsp3) is 0.0417. The first-order chi connectivity index (χ1) is 16.1. The van der Waals surface area contributed by atoms with Crippen molar-refractivity contribution in [1.82, 2.24) is 14.6 Å². The lowest BCUT2D eigenvalue weighted by molar-refractivity contribution is 0.103. The van der Waals surface area contributed by atoms with Gasteiger partial charge in [-0.25, -0.2) is 4.98 Å². The number of amides is 1. The van der Waals surface area contributed by atoms with Crippen molar-refractivity contribution in [3.05, 3.63) is 93.8 Å². The van der Waals surface area contributed by atoms with Crippen molar-refractivity contribution < 1.29 is 4.79 Å². The largest absolute Gasteiger partial charge is 0.366 e. The molecule has 0 bridgehead atoms. The summed E-state index contributed by atoms with van der Waals surface area (Å²) in [6, 6.07) is 21.1. The maximum atomic E-state index is 12.4. The lowest BCUT2D eigenvalue weighted by atomic mass is 10.0. The first-order valence-corrected chi connectivity index (χ1v) is 11.6. The fourth-order valence-corrected chi connectivity index (χ4v) is 4.41. The molecule has 2 aromatic carbocycles. The quantitative estimate of drug-likeness (QED) is 0.364. The van der Waals surface area contributed by atoms with Gasteiger partial charge in [-0.3, -0.25) is 4.79 Å². The molecule has 0 spiro atoms. The van der Waals surface area contributed by atoms with Crippen molar-refractivity contribution in [2.45, 2.75) is 6.54 Å². The molecule has 5 aromatic rings. The number of carbonyl (C=O) groups is 1. The van der Waals surface area contributed by atoms with E-state index in [0.29, 0.717) is 16.4 Å². The zero-order valence-electron chi connectivity index (χ0n) is 17.7. The minimum atomic E-state index is -0.109. The van der Waals surface area contributed by atoms with Crippen LogP contribution < -0.4 is 16.1 Å². The highest BCUT2D eigenvalue weighted by atomic mass is 35.5. The average molecular weight is 472 g/mol. The molecule has 33 heavy (non-hydrogen) atoms. The van der Waals surface area contributed by atoms with E-state index in [9.17, 15) is 4.79 Å². The number of carbonyl (C=O) groups excluding carboxylic acids is 1. The molecule has 162 valence electrons. The second kappa shape index (κ2) is 9.09. The molecule has 0 atom stereocenters. The number of nitrogens with zero attached hydrogens (tertiary/aromatic N) is 3. The van der Waals surface area contributed by atoms with Crippen LogP contribution in [-0.4, -0.2) is 28.4 Å². The van der Waals surface area contributed by atoms with Crippen LogP contribution in [0.5, 0.6) is 0 Å². The predicted octanol–water partition coefficient (Wildman–Crippen LogP) is 4.23. The highest BCUT2D eigenvalue weighted by Gasteiger charge is 2.13. The van der Waals surface area contributed by atoms with Gasteiger partial charge in [0.05, 0.1) is 10.6 Å². The van der Waals surface area contributed by atoms with Crippen LogP contribution in [0.25, 0.3) is 16.9 Å². The third-order valence-electron chi connectivity index (χ3n) is 5.20. The monoisotopic (exact) mass is 471 g/mol. The number of anilines is 2. The van der Waals surface area contributed by atoms with E-state index >= 15 is 0 Å². The Morgan fingerprint density at radius 3 is 2.79 bits per heavy atom. The maximum Gasteiger partial charge on any atom is 0.265 e. The number of benzene rings is 2. The van der Waals surface area contributed by atoms with E-state index in [1.807, 2.05) is 80.0 Å². The number of aromatic nitrogens is 3. The molecule has 5 rings (SSSR count). The highest BCUT2D eigenvalue weighted by molar-refractivity contribution is 7.12. The van der Waals surface area contributed by atoms with Crippen LogP contribution >= 0.6 is 22.9 Å². The van der Waals surface area contributed by atoms with Crippen LogP contribution in [0.4, 0.5) is 11.5 Å². The third-order valence-corrected chi connectivity index (χ3v) is 6.40. The molecule has 3 aromatic heterocycles. The summed E-state index contributed by atoms with van der Waals surface area (Å²) in [5.41, 5.74) is 5.16. The van der Waals surface area contributed by atoms with Crippen LogP contribution in [0.1, 0.15) is 15.2 Å². The molecule has 0 unspecified atom stereocenters. The van der Waals surface area contributed by atoms with Gasteiger partial charge in [0, 0.05) is 35.1 Å². The van der Waals surface area contributed by atoms with Crippen molar-refractivity contribution >= 4 is 59.3 Å². The Kier molecular flexibility index (Phi) is 5.85. The first kappa shape index (κ1) is 21.2. The summed E-state index contributed by atoms with van der Waals surface area (Å²) in [5.74, 6) is 0.693. The van der Waals surface area contributed by atoms with Gasteiger partial charge in [-0.2, -0.15) is 9.61 Å². The normalized spacial score (nSPS) is 10.9. The summed E-state index contributed by atoms with van der Waals surface area (Å²) in [6.07, 6.45) is 1.80. The van der Waals surface area contributed by atoms with Crippen molar-refractivity contribution in [3.8, 4) is 11.3 Å². The average Bonchev–Trinajstić information content (AvgIpc) is 3.49. The topological polar surface area (TPSA) is 71.3 Å². The molecular formula is C24H19BClN5OS. The SMILES string of the molecule is Bc1cnn2c(NCc3cccc(NC(=O)c4cccs4)c3)cc(-c3ccccc3Cl)nc12. The van der Waals surface area contributed by atoms with E-state index in [0.717, 1.165) is 39.4 Å². The number of nitrogens with one attached hydrogen (secondary N) is 2. The van der Waals surface area contributed by atoms with Crippen LogP contribution in [0.3, 0.4) is 0 Å². The number of hydrogen-bond donors (Lipinski definition) is 2. The Morgan fingerprint density at radius 1 is 1.09 bits per heavy atom. The van der Waals surface area contributed by atoms with E-state index in [2.05, 4.69) is 15.7 Å². The molecule has 2 N–H and O–H groups in total. The maximum absolute atomic E-state index is 12.4. The molecule has 0 saturated heterocycles. The van der Waals surface area contributed by atoms with Gasteiger partial charge in [0.2, 0.25) is 0 Å². The summed E-state index contributed by atoms with van der Waals surface area (Å²) in [7, 11) is 1.98. The van der Waals surface area contributed by atoms with Crippen LogP contribution in [0, 0.1) is 0 Å². The second-order valence-corrected chi connectivity index (χ2v) is 8.91. The number of hydrogen-bond acceptors (Lipinski definition) is 5. The minimum absolute atomic E-state index is 0.109. The zero-order valence-corrected chi connectivity index (χ0v) is 19.3. The van der Waals surface area contributed by atoms with E-state index in [-0.39, 0.29) is 5.91 Å². The molecule has 0 aliphatic rings. The van der Waals surface area contributed by atoms with E-state index in [1.165, 1.54) is 11.3 Å². The second-order valence-electron chi connectivity index (χ2n) is 7.55. The van der Waals surface area contributed by atoms with Gasteiger partial charge in [0.1, 0.15) is 13.7 Å². The van der Waals surface area contributed by atoms with E-state index in [1.54, 1.807) is 10.7 Å². The lowest BCUT2D eigenvalue weighted by Gasteiger charge is -2.13. The van der Waals surface area contributed by atoms with Gasteiger partial charge in [-0.15, -0.1) is 11.3 Å². The van der Waals surface area contributed by atoms with Gasteiger partial charge in [-0.05, 0) is 40.7 Å². The van der Waals surface area contributed by atoms with Crippen LogP contribution in [-0.2, 0) is 6.54 Å². The molecule has 6 nitrogen and oxygen atoms in total.